The van der Waals surface area contributed by atoms with E-state index in [1.807, 2.05) is 0 Å². The molecule has 0 saturated carbocycles. The quantitative estimate of drug-likeness (QED) is 0.401. The number of amides is 1. The molecule has 0 aliphatic rings. The Hall–Kier alpha value is -4.40. The minimum Gasteiger partial charge on any atom is -0.497 e. The van der Waals surface area contributed by atoms with E-state index < -0.39 is 22.9 Å². The highest BCUT2D eigenvalue weighted by Crippen LogP contribution is 2.15. The summed E-state index contributed by atoms with van der Waals surface area (Å²) < 4.78 is 7.14. The second-order valence-corrected chi connectivity index (χ2v) is 5.86. The molecule has 0 radical (unpaired) electrons. The fourth-order valence-corrected chi connectivity index (χ4v) is 2.48. The number of carbonyl (C=O) groups is 1. The molecule has 29 heavy (non-hydrogen) atoms. The van der Waals surface area contributed by atoms with Crippen molar-refractivity contribution in [2.75, 3.05) is 17.9 Å². The Kier molecular flexibility index (Phi) is 5.13. The highest BCUT2D eigenvalue weighted by Gasteiger charge is 2.15. The predicted octanol–water partition coefficient (Wildman–Crippen LogP) is -0.101. The lowest BCUT2D eigenvalue weighted by molar-refractivity contribution is -0.110. The van der Waals surface area contributed by atoms with Gasteiger partial charge in [-0.05, 0) is 24.3 Å². The average molecular weight is 396 g/mol. The zero-order chi connectivity index (χ0) is 21.1. The lowest BCUT2D eigenvalue weighted by atomic mass is 10.3. The molecule has 12 nitrogen and oxygen atoms in total. The smallest absolute Gasteiger partial charge is 0.332 e. The number of aromatic nitrogens is 4. The van der Waals surface area contributed by atoms with Crippen LogP contribution in [-0.4, -0.2) is 37.8 Å². The lowest BCUT2D eigenvalue weighted by Gasteiger charge is -2.05. The van der Waals surface area contributed by atoms with Gasteiger partial charge in [0.05, 0.1) is 7.11 Å². The van der Waals surface area contributed by atoms with E-state index >= 15 is 0 Å². The molecule has 3 N–H and O–H groups in total. The van der Waals surface area contributed by atoms with Gasteiger partial charge in [-0.25, -0.2) is 10.2 Å². The number of aryl methyl sites for hydroxylation is 1. The SMILES string of the molecule is COc1ccc(NC(=O)C(C#N)=NNc2nc3c([nH]2)c(=O)n(C)c(=O)n3C)cc1. The van der Waals surface area contributed by atoms with E-state index in [1.54, 1.807) is 30.3 Å². The van der Waals surface area contributed by atoms with E-state index in [-0.39, 0.29) is 17.1 Å². The third-order valence-electron chi connectivity index (χ3n) is 4.04. The van der Waals surface area contributed by atoms with Gasteiger partial charge in [0.25, 0.3) is 11.5 Å². The number of ether oxygens (including phenoxy) is 1. The number of hydrazone groups is 1. The van der Waals surface area contributed by atoms with E-state index in [0.29, 0.717) is 11.4 Å². The van der Waals surface area contributed by atoms with Gasteiger partial charge in [-0.3, -0.25) is 18.7 Å². The summed E-state index contributed by atoms with van der Waals surface area (Å²) in [6.07, 6.45) is 0. The van der Waals surface area contributed by atoms with Crippen molar-refractivity contribution in [3.63, 3.8) is 0 Å². The Balaban J connectivity index is 1.83. The van der Waals surface area contributed by atoms with Crippen LogP contribution in [0.2, 0.25) is 0 Å². The number of nitrogens with zero attached hydrogens (tertiary/aromatic N) is 5. The summed E-state index contributed by atoms with van der Waals surface area (Å²) in [6.45, 7) is 0. The molecule has 148 valence electrons. The number of H-pyrrole nitrogens is 1. The van der Waals surface area contributed by atoms with E-state index in [1.165, 1.54) is 25.8 Å². The number of anilines is 2. The highest BCUT2D eigenvalue weighted by molar-refractivity contribution is 6.48. The number of rotatable bonds is 5. The first kappa shape index (κ1) is 19.4. The number of hydrogen-bond acceptors (Lipinski definition) is 8. The first-order valence-corrected chi connectivity index (χ1v) is 8.20. The molecule has 1 aromatic carbocycles. The number of methoxy groups -OCH3 is 1. The Morgan fingerprint density at radius 2 is 1.93 bits per heavy atom. The Morgan fingerprint density at radius 1 is 1.24 bits per heavy atom. The monoisotopic (exact) mass is 396 g/mol. The molecule has 0 spiro atoms. The molecule has 0 fully saturated rings. The van der Waals surface area contributed by atoms with Crippen LogP contribution in [0.15, 0.2) is 39.0 Å². The number of imidazole rings is 1. The van der Waals surface area contributed by atoms with Crippen molar-refractivity contribution < 1.29 is 9.53 Å². The van der Waals surface area contributed by atoms with Crippen LogP contribution in [0.5, 0.6) is 5.75 Å². The minimum atomic E-state index is -0.746. The average Bonchev–Trinajstić information content (AvgIpc) is 3.16. The molecule has 2 aromatic heterocycles. The summed E-state index contributed by atoms with van der Waals surface area (Å²) in [5.41, 5.74) is 1.47. The van der Waals surface area contributed by atoms with Crippen molar-refractivity contribution in [3.05, 3.63) is 45.1 Å². The Morgan fingerprint density at radius 3 is 2.55 bits per heavy atom. The fraction of sp³-hybridized carbons (Fsp3) is 0.176. The van der Waals surface area contributed by atoms with Gasteiger partial charge in [0.2, 0.25) is 11.7 Å². The largest absolute Gasteiger partial charge is 0.497 e. The van der Waals surface area contributed by atoms with E-state index in [2.05, 4.69) is 25.8 Å². The van der Waals surface area contributed by atoms with Gasteiger partial charge in [0.15, 0.2) is 11.2 Å². The van der Waals surface area contributed by atoms with Crippen LogP contribution in [0.3, 0.4) is 0 Å². The third-order valence-corrected chi connectivity index (χ3v) is 4.04. The third kappa shape index (κ3) is 3.69. The number of benzene rings is 1. The van der Waals surface area contributed by atoms with Crippen LogP contribution in [0.4, 0.5) is 11.6 Å². The van der Waals surface area contributed by atoms with Crippen LogP contribution in [0.25, 0.3) is 11.2 Å². The lowest BCUT2D eigenvalue weighted by Crippen LogP contribution is -2.36. The molecular weight excluding hydrogens is 380 g/mol. The van der Waals surface area contributed by atoms with Crippen molar-refractivity contribution in [1.29, 1.82) is 5.26 Å². The molecule has 3 rings (SSSR count). The second-order valence-electron chi connectivity index (χ2n) is 5.86. The maximum Gasteiger partial charge on any atom is 0.332 e. The minimum absolute atomic E-state index is 0.0108. The van der Waals surface area contributed by atoms with Crippen LogP contribution >= 0.6 is 0 Å². The summed E-state index contributed by atoms with van der Waals surface area (Å²) in [5, 5.41) is 15.4. The van der Waals surface area contributed by atoms with Crippen LogP contribution < -0.4 is 26.7 Å². The van der Waals surface area contributed by atoms with Crippen molar-refractivity contribution in [2.45, 2.75) is 0 Å². The molecule has 12 heteroatoms. The molecule has 0 unspecified atom stereocenters. The van der Waals surface area contributed by atoms with Gasteiger partial charge in [-0.2, -0.15) is 15.3 Å². The topological polar surface area (TPSA) is 159 Å². The van der Waals surface area contributed by atoms with E-state index in [4.69, 9.17) is 4.74 Å². The van der Waals surface area contributed by atoms with Gasteiger partial charge >= 0.3 is 5.69 Å². The first-order valence-electron chi connectivity index (χ1n) is 8.20. The van der Waals surface area contributed by atoms with Crippen molar-refractivity contribution >= 4 is 34.4 Å². The summed E-state index contributed by atoms with van der Waals surface area (Å²) in [4.78, 5) is 43.1. The summed E-state index contributed by atoms with van der Waals surface area (Å²) in [6, 6.07) is 8.19. The molecule has 0 aliphatic carbocycles. The molecule has 2 heterocycles. The van der Waals surface area contributed by atoms with Crippen LogP contribution in [0, 0.1) is 11.3 Å². The molecular formula is C17H16N8O4. The van der Waals surface area contributed by atoms with Gasteiger partial charge in [-0.1, -0.05) is 0 Å². The van der Waals surface area contributed by atoms with E-state index in [9.17, 15) is 19.6 Å². The van der Waals surface area contributed by atoms with Gasteiger partial charge in [-0.15, -0.1) is 0 Å². The summed E-state index contributed by atoms with van der Waals surface area (Å²) >= 11 is 0. The number of hydrogen-bond donors (Lipinski definition) is 3. The zero-order valence-corrected chi connectivity index (χ0v) is 15.7. The van der Waals surface area contributed by atoms with E-state index in [0.717, 1.165) is 4.57 Å². The summed E-state index contributed by atoms with van der Waals surface area (Å²) in [5.74, 6) is -0.142. The standard InChI is InChI=1S/C17H16N8O4/c1-24-13-12(15(27)25(2)17(24)28)20-16(21-13)23-22-11(8-18)14(26)19-9-4-6-10(29-3)7-5-9/h4-7H,1-3H3,(H,19,26)(H2,20,21,23). The normalized spacial score (nSPS) is 11.2. The van der Waals surface area contributed by atoms with Crippen LogP contribution in [0.1, 0.15) is 0 Å². The zero-order valence-electron chi connectivity index (χ0n) is 15.7. The molecule has 0 bridgehead atoms. The number of carbonyl (C=O) groups excluding carboxylic acids is 1. The van der Waals surface area contributed by atoms with Crippen molar-refractivity contribution in [1.82, 2.24) is 19.1 Å². The van der Waals surface area contributed by atoms with Crippen molar-refractivity contribution in [3.8, 4) is 11.8 Å². The van der Waals surface area contributed by atoms with Gasteiger partial charge < -0.3 is 15.0 Å². The Labute approximate surface area is 163 Å². The first-order chi connectivity index (χ1) is 13.8. The number of nitriles is 1. The maximum atomic E-state index is 12.2. The molecule has 0 saturated heterocycles. The summed E-state index contributed by atoms with van der Waals surface area (Å²) in [7, 11) is 4.32. The number of nitrogens with one attached hydrogen (secondary N) is 3. The van der Waals surface area contributed by atoms with Gasteiger partial charge in [0, 0.05) is 19.8 Å². The van der Waals surface area contributed by atoms with Crippen molar-refractivity contribution in [2.24, 2.45) is 19.2 Å². The predicted molar refractivity (Wildman–Crippen MR) is 105 cm³/mol. The molecule has 0 aliphatic heterocycles. The van der Waals surface area contributed by atoms with Gasteiger partial charge in [0.1, 0.15) is 11.8 Å². The fourth-order valence-electron chi connectivity index (χ4n) is 2.48. The second kappa shape index (κ2) is 7.69. The Bertz CT molecular complexity index is 1270. The molecule has 3 aromatic rings. The maximum absolute atomic E-state index is 12.2. The van der Waals surface area contributed by atoms with Crippen LogP contribution in [-0.2, 0) is 18.9 Å². The molecule has 0 atom stereocenters. The molecule has 1 amide bonds. The highest BCUT2D eigenvalue weighted by atomic mass is 16.5. The number of aromatic amines is 1. The number of fused-ring (bicyclic) bond motifs is 1.